The lowest BCUT2D eigenvalue weighted by molar-refractivity contribution is 0.0601. The summed E-state index contributed by atoms with van der Waals surface area (Å²) in [5.41, 5.74) is 2.72. The minimum absolute atomic E-state index is 0.157. The Hall–Kier alpha value is -3.32. The van der Waals surface area contributed by atoms with Crippen LogP contribution in [0.3, 0.4) is 0 Å². The van der Waals surface area contributed by atoms with E-state index in [9.17, 15) is 9.18 Å². The van der Waals surface area contributed by atoms with Gasteiger partial charge in [0.1, 0.15) is 23.5 Å². The highest BCUT2D eigenvalue weighted by Crippen LogP contribution is 2.32. The van der Waals surface area contributed by atoms with Crippen molar-refractivity contribution < 1.29 is 13.9 Å². The zero-order chi connectivity index (χ0) is 20.3. The molecule has 0 saturated carbocycles. The van der Waals surface area contributed by atoms with Gasteiger partial charge in [0.25, 0.3) is 0 Å². The van der Waals surface area contributed by atoms with E-state index >= 15 is 0 Å². The summed E-state index contributed by atoms with van der Waals surface area (Å²) < 4.78 is 19.0. The second-order valence-electron chi connectivity index (χ2n) is 5.92. The molecular formula is C20H16ClFN4O2. The van der Waals surface area contributed by atoms with E-state index in [4.69, 9.17) is 16.3 Å². The first-order valence-corrected chi connectivity index (χ1v) is 8.55. The van der Waals surface area contributed by atoms with Gasteiger partial charge in [0, 0.05) is 28.5 Å². The van der Waals surface area contributed by atoms with Gasteiger partial charge in [-0.2, -0.15) is 0 Å². The summed E-state index contributed by atoms with van der Waals surface area (Å²) >= 11 is 6.00. The van der Waals surface area contributed by atoms with Gasteiger partial charge in [0.05, 0.1) is 18.5 Å². The number of allylic oxidation sites excluding steroid dienone is 1. The number of benzene rings is 1. The molecule has 2 heterocycles. The van der Waals surface area contributed by atoms with Gasteiger partial charge in [-0.05, 0) is 36.8 Å². The monoisotopic (exact) mass is 398 g/mol. The van der Waals surface area contributed by atoms with Gasteiger partial charge in [-0.1, -0.05) is 18.2 Å². The molecule has 6 nitrogen and oxygen atoms in total. The maximum atomic E-state index is 14.3. The predicted molar refractivity (Wildman–Crippen MR) is 106 cm³/mol. The highest BCUT2D eigenvalue weighted by molar-refractivity contribution is 6.30. The van der Waals surface area contributed by atoms with E-state index in [0.29, 0.717) is 22.0 Å². The van der Waals surface area contributed by atoms with Crippen LogP contribution in [0.25, 0.3) is 16.8 Å². The first kappa shape index (κ1) is 19.4. The summed E-state index contributed by atoms with van der Waals surface area (Å²) in [6, 6.07) is 5.88. The zero-order valence-corrected chi connectivity index (χ0v) is 15.9. The SMILES string of the molecule is C=C(C)c1cnc(-c2cc(Cl)ccc2F)cc1Nc1ncncc1C(=O)OC. The lowest BCUT2D eigenvalue weighted by atomic mass is 10.0. The van der Waals surface area contributed by atoms with Crippen LogP contribution in [0.2, 0.25) is 5.02 Å². The van der Waals surface area contributed by atoms with E-state index in [1.807, 2.05) is 6.92 Å². The molecule has 0 aliphatic carbocycles. The fourth-order valence-electron chi connectivity index (χ4n) is 2.56. The smallest absolute Gasteiger partial charge is 0.343 e. The number of aromatic nitrogens is 3. The minimum atomic E-state index is -0.588. The molecule has 0 aliphatic heterocycles. The van der Waals surface area contributed by atoms with Gasteiger partial charge in [-0.25, -0.2) is 19.2 Å². The molecule has 8 heteroatoms. The Morgan fingerprint density at radius 1 is 1.21 bits per heavy atom. The molecule has 1 N–H and O–H groups in total. The van der Waals surface area contributed by atoms with Gasteiger partial charge in [-0.3, -0.25) is 4.98 Å². The van der Waals surface area contributed by atoms with Crippen LogP contribution in [-0.4, -0.2) is 28.0 Å². The third kappa shape index (κ3) is 3.99. The van der Waals surface area contributed by atoms with Crippen LogP contribution in [0, 0.1) is 5.82 Å². The number of carbonyl (C=O) groups excluding carboxylic acids is 1. The molecular weight excluding hydrogens is 383 g/mol. The maximum absolute atomic E-state index is 14.3. The molecule has 0 saturated heterocycles. The van der Waals surface area contributed by atoms with Crippen LogP contribution in [-0.2, 0) is 4.74 Å². The Kier molecular flexibility index (Phi) is 5.65. The van der Waals surface area contributed by atoms with Crippen molar-refractivity contribution >= 4 is 34.6 Å². The first-order chi connectivity index (χ1) is 13.4. The number of rotatable bonds is 5. The fraction of sp³-hybridized carbons (Fsp3) is 0.100. The van der Waals surface area contributed by atoms with E-state index in [1.165, 1.54) is 37.8 Å². The molecule has 0 unspecified atom stereocenters. The average molecular weight is 399 g/mol. The summed E-state index contributed by atoms with van der Waals surface area (Å²) in [6.07, 6.45) is 4.22. The Bertz CT molecular complexity index is 1070. The number of methoxy groups -OCH3 is 1. The van der Waals surface area contributed by atoms with Crippen molar-refractivity contribution in [1.29, 1.82) is 0 Å². The van der Waals surface area contributed by atoms with Crippen LogP contribution in [0.1, 0.15) is 22.8 Å². The van der Waals surface area contributed by atoms with Gasteiger partial charge >= 0.3 is 5.97 Å². The standard InChI is InChI=1S/C20H16ClFN4O2/c1-11(2)14-9-24-17(13-6-12(21)4-5-16(13)22)7-18(14)26-19-15(20(27)28-3)8-23-10-25-19/h4-10H,1H2,2-3H3,(H,23,24,25,26). The number of carbonyl (C=O) groups is 1. The van der Waals surface area contributed by atoms with Crippen molar-refractivity contribution in [3.8, 4) is 11.3 Å². The molecule has 3 rings (SSSR count). The van der Waals surface area contributed by atoms with E-state index in [-0.39, 0.29) is 16.9 Å². The minimum Gasteiger partial charge on any atom is -0.465 e. The third-order valence-electron chi connectivity index (χ3n) is 3.94. The number of nitrogens with zero attached hydrogens (tertiary/aromatic N) is 3. The predicted octanol–water partition coefficient (Wildman–Crippen LogP) is 4.89. The topological polar surface area (TPSA) is 77.0 Å². The van der Waals surface area contributed by atoms with E-state index in [0.717, 1.165) is 5.57 Å². The highest BCUT2D eigenvalue weighted by Gasteiger charge is 2.17. The van der Waals surface area contributed by atoms with Crippen molar-refractivity contribution in [2.45, 2.75) is 6.92 Å². The van der Waals surface area contributed by atoms with Gasteiger partial charge in [-0.15, -0.1) is 0 Å². The van der Waals surface area contributed by atoms with Gasteiger partial charge in [0.15, 0.2) is 0 Å². The van der Waals surface area contributed by atoms with E-state index in [1.54, 1.807) is 12.3 Å². The molecule has 28 heavy (non-hydrogen) atoms. The summed E-state index contributed by atoms with van der Waals surface area (Å²) in [7, 11) is 1.27. The molecule has 0 fully saturated rings. The number of anilines is 2. The molecule has 142 valence electrons. The van der Waals surface area contributed by atoms with Gasteiger partial charge in [0.2, 0.25) is 0 Å². The molecule has 0 bridgehead atoms. The second kappa shape index (κ2) is 8.14. The molecule has 0 spiro atoms. The molecule has 0 aliphatic rings. The van der Waals surface area contributed by atoms with Crippen LogP contribution >= 0.6 is 11.6 Å². The van der Waals surface area contributed by atoms with Crippen molar-refractivity contribution in [3.63, 3.8) is 0 Å². The molecule has 0 radical (unpaired) electrons. The van der Waals surface area contributed by atoms with Crippen molar-refractivity contribution in [1.82, 2.24) is 15.0 Å². The lowest BCUT2D eigenvalue weighted by Crippen LogP contribution is -2.09. The summed E-state index contributed by atoms with van der Waals surface area (Å²) in [4.78, 5) is 24.3. The molecule has 2 aromatic heterocycles. The number of hydrogen-bond acceptors (Lipinski definition) is 6. The Morgan fingerprint density at radius 2 is 2.00 bits per heavy atom. The molecule has 0 atom stereocenters. The Balaban J connectivity index is 2.11. The fourth-order valence-corrected chi connectivity index (χ4v) is 2.73. The summed E-state index contributed by atoms with van der Waals surface area (Å²) in [5.74, 6) is -0.800. The van der Waals surface area contributed by atoms with Crippen LogP contribution in [0.4, 0.5) is 15.9 Å². The van der Waals surface area contributed by atoms with Crippen molar-refractivity contribution in [3.05, 3.63) is 71.5 Å². The summed E-state index contributed by atoms with van der Waals surface area (Å²) in [6.45, 7) is 5.74. The Morgan fingerprint density at radius 3 is 2.71 bits per heavy atom. The van der Waals surface area contributed by atoms with Crippen LogP contribution in [0.5, 0.6) is 0 Å². The lowest BCUT2D eigenvalue weighted by Gasteiger charge is -2.15. The Labute approximate surface area is 166 Å². The largest absolute Gasteiger partial charge is 0.465 e. The maximum Gasteiger partial charge on any atom is 0.343 e. The number of nitrogens with one attached hydrogen (secondary N) is 1. The highest BCUT2D eigenvalue weighted by atomic mass is 35.5. The zero-order valence-electron chi connectivity index (χ0n) is 15.2. The van der Waals surface area contributed by atoms with E-state index < -0.39 is 11.8 Å². The number of esters is 1. The van der Waals surface area contributed by atoms with Crippen molar-refractivity contribution in [2.75, 3.05) is 12.4 Å². The van der Waals surface area contributed by atoms with Gasteiger partial charge < -0.3 is 10.1 Å². The first-order valence-electron chi connectivity index (χ1n) is 8.17. The normalized spacial score (nSPS) is 10.4. The molecule has 1 aromatic carbocycles. The molecule has 3 aromatic rings. The quantitative estimate of drug-likeness (QED) is 0.616. The molecule has 0 amide bonds. The number of halogens is 2. The number of pyridine rings is 1. The second-order valence-corrected chi connectivity index (χ2v) is 6.36. The third-order valence-corrected chi connectivity index (χ3v) is 4.17. The van der Waals surface area contributed by atoms with Crippen LogP contribution in [0.15, 0.2) is 49.6 Å². The van der Waals surface area contributed by atoms with E-state index in [2.05, 4.69) is 26.8 Å². The average Bonchev–Trinajstić information content (AvgIpc) is 2.69. The summed E-state index contributed by atoms with van der Waals surface area (Å²) in [5, 5.41) is 3.46. The number of hydrogen-bond donors (Lipinski definition) is 1. The van der Waals surface area contributed by atoms with Crippen LogP contribution < -0.4 is 5.32 Å². The van der Waals surface area contributed by atoms with Crippen molar-refractivity contribution in [2.24, 2.45) is 0 Å². The number of ether oxygens (including phenoxy) is 1.